The van der Waals surface area contributed by atoms with Crippen LogP contribution >= 0.6 is 0 Å². The largest absolute Gasteiger partial charge is 0.481 e. The number of rotatable bonds is 6. The smallest absolute Gasteiger partial charge is 0.317 e. The van der Waals surface area contributed by atoms with Gasteiger partial charge in [-0.25, -0.2) is 4.79 Å². The zero-order valence-electron chi connectivity index (χ0n) is 10.3. The lowest BCUT2D eigenvalue weighted by atomic mass is 10.4. The monoisotopic (exact) mass is 245 g/mol. The summed E-state index contributed by atoms with van der Waals surface area (Å²) in [6.45, 7) is 3.64. The fourth-order valence-corrected chi connectivity index (χ4v) is 1.07. The lowest BCUT2D eigenvalue weighted by Crippen LogP contribution is -2.45. The maximum Gasteiger partial charge on any atom is 0.317 e. The van der Waals surface area contributed by atoms with Crippen molar-refractivity contribution in [3.63, 3.8) is 0 Å². The van der Waals surface area contributed by atoms with Gasteiger partial charge in [-0.3, -0.25) is 9.59 Å². The Labute approximate surface area is 100 Å². The van der Waals surface area contributed by atoms with Crippen LogP contribution in [0.4, 0.5) is 4.79 Å². The van der Waals surface area contributed by atoms with Gasteiger partial charge in [-0.05, 0) is 13.8 Å². The lowest BCUT2D eigenvalue weighted by Gasteiger charge is -2.18. The Morgan fingerprint density at radius 3 is 2.35 bits per heavy atom. The molecule has 0 aliphatic heterocycles. The minimum Gasteiger partial charge on any atom is -0.481 e. The van der Waals surface area contributed by atoms with Crippen LogP contribution in [0.1, 0.15) is 20.3 Å². The molecule has 7 nitrogen and oxygen atoms in total. The normalized spacial score (nSPS) is 9.88. The van der Waals surface area contributed by atoms with E-state index in [-0.39, 0.29) is 31.5 Å². The van der Waals surface area contributed by atoms with Crippen molar-refractivity contribution in [2.75, 3.05) is 20.1 Å². The first kappa shape index (κ1) is 15.2. The summed E-state index contributed by atoms with van der Waals surface area (Å²) in [7, 11) is 1.47. The summed E-state index contributed by atoms with van der Waals surface area (Å²) >= 11 is 0. The number of aliphatic carboxylic acids is 1. The highest BCUT2D eigenvalue weighted by Crippen LogP contribution is 1.87. The third-order valence-electron chi connectivity index (χ3n) is 1.79. The van der Waals surface area contributed by atoms with E-state index in [0.29, 0.717) is 0 Å². The number of carbonyl (C=O) groups is 3. The molecule has 0 saturated carbocycles. The Balaban J connectivity index is 3.88. The summed E-state index contributed by atoms with van der Waals surface area (Å²) in [4.78, 5) is 34.1. The van der Waals surface area contributed by atoms with Gasteiger partial charge in [-0.2, -0.15) is 0 Å². The van der Waals surface area contributed by atoms with E-state index < -0.39 is 12.0 Å². The second-order valence-electron chi connectivity index (χ2n) is 3.95. The maximum absolute atomic E-state index is 11.4. The predicted molar refractivity (Wildman–Crippen MR) is 61.6 cm³/mol. The molecule has 98 valence electrons. The van der Waals surface area contributed by atoms with Crippen LogP contribution < -0.4 is 10.6 Å². The number of urea groups is 1. The number of hydrogen-bond donors (Lipinski definition) is 3. The fraction of sp³-hybridized carbons (Fsp3) is 0.700. The summed E-state index contributed by atoms with van der Waals surface area (Å²) in [5.41, 5.74) is 0. The molecule has 0 aromatic rings. The Morgan fingerprint density at radius 2 is 1.88 bits per heavy atom. The van der Waals surface area contributed by atoms with Crippen molar-refractivity contribution in [2.45, 2.75) is 26.3 Å². The molecule has 0 unspecified atom stereocenters. The molecular weight excluding hydrogens is 226 g/mol. The van der Waals surface area contributed by atoms with Crippen molar-refractivity contribution in [3.05, 3.63) is 0 Å². The van der Waals surface area contributed by atoms with Gasteiger partial charge in [0.1, 0.15) is 6.54 Å². The summed E-state index contributed by atoms with van der Waals surface area (Å²) in [6, 6.07) is -0.448. The fourth-order valence-electron chi connectivity index (χ4n) is 1.07. The number of amides is 3. The van der Waals surface area contributed by atoms with Crippen LogP contribution in [0.5, 0.6) is 0 Å². The van der Waals surface area contributed by atoms with Gasteiger partial charge >= 0.3 is 12.0 Å². The van der Waals surface area contributed by atoms with Gasteiger partial charge in [0.2, 0.25) is 5.91 Å². The first-order valence-corrected chi connectivity index (χ1v) is 5.33. The number of carbonyl (C=O) groups excluding carboxylic acids is 2. The van der Waals surface area contributed by atoms with Gasteiger partial charge in [-0.15, -0.1) is 0 Å². The van der Waals surface area contributed by atoms with Gasteiger partial charge in [0.05, 0.1) is 6.42 Å². The summed E-state index contributed by atoms with van der Waals surface area (Å²) in [6.07, 6.45) is -0.141. The van der Waals surface area contributed by atoms with E-state index >= 15 is 0 Å². The molecule has 7 heteroatoms. The molecule has 0 bridgehead atoms. The predicted octanol–water partition coefficient (Wildman–Crippen LogP) is -0.373. The zero-order chi connectivity index (χ0) is 13.4. The van der Waals surface area contributed by atoms with E-state index in [2.05, 4.69) is 10.6 Å². The van der Waals surface area contributed by atoms with E-state index in [1.165, 1.54) is 11.9 Å². The average Bonchev–Trinajstić information content (AvgIpc) is 2.15. The number of carboxylic acids is 1. The molecular formula is C10H19N3O4. The van der Waals surface area contributed by atoms with E-state index in [1.807, 2.05) is 13.8 Å². The third kappa shape index (κ3) is 8.06. The standard InChI is InChI=1S/C10H19N3O4/c1-7(2)12-8(14)6-13(3)10(17)11-5-4-9(15)16/h7H,4-6H2,1-3H3,(H,11,17)(H,12,14)(H,15,16). The second kappa shape index (κ2) is 7.48. The maximum atomic E-state index is 11.4. The molecule has 3 N–H and O–H groups in total. The van der Waals surface area contributed by atoms with Crippen molar-refractivity contribution in [3.8, 4) is 0 Å². The lowest BCUT2D eigenvalue weighted by molar-refractivity contribution is -0.136. The van der Waals surface area contributed by atoms with Crippen LogP contribution in [0, 0.1) is 0 Å². The molecule has 0 spiro atoms. The molecule has 17 heavy (non-hydrogen) atoms. The highest BCUT2D eigenvalue weighted by molar-refractivity contribution is 5.84. The van der Waals surface area contributed by atoms with Gasteiger partial charge in [0.15, 0.2) is 0 Å². The molecule has 0 radical (unpaired) electrons. The number of nitrogens with one attached hydrogen (secondary N) is 2. The molecule has 0 atom stereocenters. The topological polar surface area (TPSA) is 98.7 Å². The summed E-state index contributed by atoms with van der Waals surface area (Å²) in [5.74, 6) is -1.23. The van der Waals surface area contributed by atoms with Crippen LogP contribution in [-0.4, -0.2) is 54.1 Å². The Hall–Kier alpha value is -1.79. The molecule has 0 fully saturated rings. The van der Waals surface area contributed by atoms with Gasteiger partial charge in [-0.1, -0.05) is 0 Å². The van der Waals surface area contributed by atoms with E-state index in [0.717, 1.165) is 0 Å². The molecule has 0 saturated heterocycles. The molecule has 0 aliphatic rings. The van der Waals surface area contributed by atoms with Crippen LogP contribution in [0.2, 0.25) is 0 Å². The number of carboxylic acid groups (broad SMARTS) is 1. The third-order valence-corrected chi connectivity index (χ3v) is 1.79. The van der Waals surface area contributed by atoms with Crippen molar-refractivity contribution in [1.82, 2.24) is 15.5 Å². The van der Waals surface area contributed by atoms with Crippen molar-refractivity contribution >= 4 is 17.9 Å². The summed E-state index contributed by atoms with van der Waals surface area (Å²) in [5, 5.41) is 13.4. The highest BCUT2D eigenvalue weighted by Gasteiger charge is 2.12. The van der Waals surface area contributed by atoms with Crippen molar-refractivity contribution in [1.29, 1.82) is 0 Å². The van der Waals surface area contributed by atoms with Gasteiger partial charge in [0, 0.05) is 19.6 Å². The quantitative estimate of drug-likeness (QED) is 0.594. The number of hydrogen-bond acceptors (Lipinski definition) is 3. The van der Waals surface area contributed by atoms with Crippen LogP contribution in [-0.2, 0) is 9.59 Å². The van der Waals surface area contributed by atoms with Gasteiger partial charge < -0.3 is 20.6 Å². The first-order valence-electron chi connectivity index (χ1n) is 5.33. The highest BCUT2D eigenvalue weighted by atomic mass is 16.4. The Morgan fingerprint density at radius 1 is 1.29 bits per heavy atom. The molecule has 0 aromatic carbocycles. The average molecular weight is 245 g/mol. The van der Waals surface area contributed by atoms with Crippen molar-refractivity contribution in [2.24, 2.45) is 0 Å². The van der Waals surface area contributed by atoms with Crippen LogP contribution in [0.3, 0.4) is 0 Å². The Bertz CT molecular complexity index is 291. The van der Waals surface area contributed by atoms with Crippen LogP contribution in [0.15, 0.2) is 0 Å². The van der Waals surface area contributed by atoms with Crippen molar-refractivity contribution < 1.29 is 19.5 Å². The molecule has 3 amide bonds. The van der Waals surface area contributed by atoms with E-state index in [9.17, 15) is 14.4 Å². The van der Waals surface area contributed by atoms with E-state index in [1.54, 1.807) is 0 Å². The summed E-state index contributed by atoms with van der Waals surface area (Å²) < 4.78 is 0. The molecule has 0 aromatic heterocycles. The van der Waals surface area contributed by atoms with Crippen LogP contribution in [0.25, 0.3) is 0 Å². The van der Waals surface area contributed by atoms with E-state index in [4.69, 9.17) is 5.11 Å². The zero-order valence-corrected chi connectivity index (χ0v) is 10.3. The molecule has 0 heterocycles. The second-order valence-corrected chi connectivity index (χ2v) is 3.95. The SMILES string of the molecule is CC(C)NC(=O)CN(C)C(=O)NCCC(=O)O. The number of nitrogens with zero attached hydrogens (tertiary/aromatic N) is 1. The minimum atomic E-state index is -0.981. The molecule has 0 rings (SSSR count). The number of likely N-dealkylation sites (N-methyl/N-ethyl adjacent to an activating group) is 1. The Kier molecular flexibility index (Phi) is 6.69. The first-order chi connectivity index (χ1) is 7.82. The van der Waals surface area contributed by atoms with Gasteiger partial charge in [0.25, 0.3) is 0 Å². The molecule has 0 aliphatic carbocycles. The minimum absolute atomic E-state index is 0.0194.